The number of nitrogens with zero attached hydrogens (tertiary/aromatic N) is 1. The van der Waals surface area contributed by atoms with Crippen LogP contribution in [0.2, 0.25) is 0 Å². The molecule has 0 saturated heterocycles. The van der Waals surface area contributed by atoms with Gasteiger partial charge in [-0.1, -0.05) is 0 Å². The second-order valence-electron chi connectivity index (χ2n) is 4.72. The molecule has 0 unspecified atom stereocenters. The molecule has 1 atom stereocenters. The van der Waals surface area contributed by atoms with Gasteiger partial charge in [0, 0.05) is 6.20 Å². The summed E-state index contributed by atoms with van der Waals surface area (Å²) in [5.41, 5.74) is -0.956. The Bertz CT molecular complexity index is 593. The van der Waals surface area contributed by atoms with E-state index < -0.39 is 5.60 Å². The zero-order valence-corrected chi connectivity index (χ0v) is 12.0. The van der Waals surface area contributed by atoms with E-state index in [1.54, 1.807) is 37.4 Å². The molecule has 0 saturated carbocycles. The van der Waals surface area contributed by atoms with Crippen LogP contribution in [-0.4, -0.2) is 29.1 Å². The molecule has 0 aliphatic heterocycles. The molecule has 6 nitrogen and oxygen atoms in total. The molecule has 2 aromatic heterocycles. The lowest BCUT2D eigenvalue weighted by atomic mass is 10.0. The highest BCUT2D eigenvalue weighted by Gasteiger charge is 2.27. The van der Waals surface area contributed by atoms with Gasteiger partial charge in [-0.2, -0.15) is 0 Å². The number of amides is 1. The molecule has 0 fully saturated rings. The predicted molar refractivity (Wildman–Crippen MR) is 76.0 cm³/mol. The molecule has 0 aromatic carbocycles. The first-order valence-corrected chi connectivity index (χ1v) is 6.67. The molecule has 0 aliphatic carbocycles. The predicted octanol–water partition coefficient (Wildman–Crippen LogP) is 1.71. The molecular weight excluding hydrogens is 272 g/mol. The maximum atomic E-state index is 12.2. The van der Waals surface area contributed by atoms with Gasteiger partial charge >= 0.3 is 0 Å². The van der Waals surface area contributed by atoms with Gasteiger partial charge < -0.3 is 19.6 Å². The van der Waals surface area contributed by atoms with Gasteiger partial charge in [0.2, 0.25) is 5.88 Å². The van der Waals surface area contributed by atoms with Crippen LogP contribution in [0.15, 0.2) is 41.1 Å². The lowest BCUT2D eigenvalue weighted by Crippen LogP contribution is -2.38. The molecule has 2 N–H and O–H groups in total. The summed E-state index contributed by atoms with van der Waals surface area (Å²) in [6.07, 6.45) is 3.03. The van der Waals surface area contributed by atoms with Crippen LogP contribution in [0, 0.1) is 0 Å². The third-order valence-corrected chi connectivity index (χ3v) is 2.94. The highest BCUT2D eigenvalue weighted by atomic mass is 16.5. The van der Waals surface area contributed by atoms with Gasteiger partial charge in [0.15, 0.2) is 0 Å². The van der Waals surface area contributed by atoms with Crippen molar-refractivity contribution in [2.75, 3.05) is 13.2 Å². The molecule has 2 aromatic rings. The summed E-state index contributed by atoms with van der Waals surface area (Å²) in [4.78, 5) is 16.2. The van der Waals surface area contributed by atoms with E-state index in [1.165, 1.54) is 6.26 Å². The van der Waals surface area contributed by atoms with E-state index in [0.29, 0.717) is 17.9 Å². The Balaban J connectivity index is 2.05. The summed E-state index contributed by atoms with van der Waals surface area (Å²) in [6.45, 7) is 3.82. The fourth-order valence-corrected chi connectivity index (χ4v) is 1.84. The molecule has 2 rings (SSSR count). The average Bonchev–Trinajstić information content (AvgIpc) is 3.01. The number of furan rings is 1. The average molecular weight is 290 g/mol. The van der Waals surface area contributed by atoms with Crippen LogP contribution in [0.25, 0.3) is 0 Å². The third-order valence-electron chi connectivity index (χ3n) is 2.94. The smallest absolute Gasteiger partial charge is 0.256 e. The van der Waals surface area contributed by atoms with Crippen LogP contribution in [0.1, 0.15) is 30.0 Å². The normalized spacial score (nSPS) is 13.5. The summed E-state index contributed by atoms with van der Waals surface area (Å²) < 4.78 is 10.5. The lowest BCUT2D eigenvalue weighted by molar-refractivity contribution is 0.0329. The Morgan fingerprint density at radius 2 is 2.29 bits per heavy atom. The first kappa shape index (κ1) is 15.1. The van der Waals surface area contributed by atoms with Crippen LogP contribution in [0.3, 0.4) is 0 Å². The number of carbonyl (C=O) groups is 1. The Labute approximate surface area is 122 Å². The summed E-state index contributed by atoms with van der Waals surface area (Å²) in [5.74, 6) is 0.299. The van der Waals surface area contributed by atoms with E-state index in [0.717, 1.165) is 0 Å². The number of hydrogen-bond acceptors (Lipinski definition) is 5. The van der Waals surface area contributed by atoms with Crippen LogP contribution < -0.4 is 10.1 Å². The van der Waals surface area contributed by atoms with Crippen LogP contribution >= 0.6 is 0 Å². The Morgan fingerprint density at radius 3 is 2.95 bits per heavy atom. The van der Waals surface area contributed by atoms with E-state index in [1.807, 2.05) is 6.92 Å². The van der Waals surface area contributed by atoms with Crippen LogP contribution in [0.4, 0.5) is 0 Å². The number of aliphatic hydroxyl groups is 1. The molecule has 112 valence electrons. The molecular formula is C15H18N2O4. The largest absolute Gasteiger partial charge is 0.477 e. The SMILES string of the molecule is CCOc1ncccc1C(=O)NC[C@@](C)(O)c1ccco1. The monoisotopic (exact) mass is 290 g/mol. The highest BCUT2D eigenvalue weighted by molar-refractivity contribution is 5.96. The van der Waals surface area contributed by atoms with Crippen molar-refractivity contribution in [1.82, 2.24) is 10.3 Å². The third kappa shape index (κ3) is 3.61. The maximum absolute atomic E-state index is 12.2. The first-order chi connectivity index (χ1) is 10.0. The minimum absolute atomic E-state index is 0.0137. The van der Waals surface area contributed by atoms with Gasteiger partial charge in [0.05, 0.1) is 19.4 Å². The second-order valence-corrected chi connectivity index (χ2v) is 4.72. The van der Waals surface area contributed by atoms with Crippen molar-refractivity contribution >= 4 is 5.91 Å². The Hall–Kier alpha value is -2.34. The number of rotatable bonds is 6. The highest BCUT2D eigenvalue weighted by Crippen LogP contribution is 2.20. The molecule has 21 heavy (non-hydrogen) atoms. The molecule has 1 amide bonds. The van der Waals surface area contributed by atoms with Crippen molar-refractivity contribution in [2.45, 2.75) is 19.4 Å². The Kier molecular flexibility index (Phi) is 4.59. The van der Waals surface area contributed by atoms with Crippen molar-refractivity contribution in [3.63, 3.8) is 0 Å². The van der Waals surface area contributed by atoms with Gasteiger partial charge in [-0.05, 0) is 38.1 Å². The van der Waals surface area contributed by atoms with Crippen molar-refractivity contribution in [3.8, 4) is 5.88 Å². The van der Waals surface area contributed by atoms with Gasteiger partial charge in [0.1, 0.15) is 16.9 Å². The van der Waals surface area contributed by atoms with Gasteiger partial charge in [-0.3, -0.25) is 4.79 Å². The fourth-order valence-electron chi connectivity index (χ4n) is 1.84. The summed E-state index contributed by atoms with van der Waals surface area (Å²) in [7, 11) is 0. The summed E-state index contributed by atoms with van der Waals surface area (Å²) in [6, 6.07) is 6.61. The van der Waals surface area contributed by atoms with Crippen LogP contribution in [0.5, 0.6) is 5.88 Å². The minimum Gasteiger partial charge on any atom is -0.477 e. The summed E-state index contributed by atoms with van der Waals surface area (Å²) >= 11 is 0. The molecule has 0 radical (unpaired) electrons. The second kappa shape index (κ2) is 6.41. The molecule has 0 aliphatic rings. The van der Waals surface area contributed by atoms with E-state index in [4.69, 9.17) is 9.15 Å². The maximum Gasteiger partial charge on any atom is 0.256 e. The molecule has 6 heteroatoms. The van der Waals surface area contributed by atoms with Gasteiger partial charge in [0.25, 0.3) is 5.91 Å². The standard InChI is InChI=1S/C15H18N2O4/c1-3-20-14-11(6-4-8-16-14)13(18)17-10-15(2,19)12-7-5-9-21-12/h4-9,19H,3,10H2,1-2H3,(H,17,18)/t15-/m1/s1. The van der Waals surface area contributed by atoms with Crippen molar-refractivity contribution < 1.29 is 19.1 Å². The van der Waals surface area contributed by atoms with E-state index in [2.05, 4.69) is 10.3 Å². The number of ether oxygens (including phenoxy) is 1. The van der Waals surface area contributed by atoms with Crippen LogP contribution in [-0.2, 0) is 5.60 Å². The van der Waals surface area contributed by atoms with Crippen molar-refractivity contribution in [3.05, 3.63) is 48.0 Å². The van der Waals surface area contributed by atoms with E-state index in [-0.39, 0.29) is 18.3 Å². The van der Waals surface area contributed by atoms with Crippen molar-refractivity contribution in [2.24, 2.45) is 0 Å². The Morgan fingerprint density at radius 1 is 1.48 bits per heavy atom. The van der Waals surface area contributed by atoms with E-state index >= 15 is 0 Å². The zero-order valence-electron chi connectivity index (χ0n) is 12.0. The fraction of sp³-hybridized carbons (Fsp3) is 0.333. The topological polar surface area (TPSA) is 84.6 Å². The zero-order chi connectivity index (χ0) is 15.3. The number of hydrogen-bond donors (Lipinski definition) is 2. The molecule has 2 heterocycles. The quantitative estimate of drug-likeness (QED) is 0.846. The molecule has 0 spiro atoms. The number of pyridine rings is 1. The van der Waals surface area contributed by atoms with E-state index in [9.17, 15) is 9.90 Å². The number of nitrogens with one attached hydrogen (secondary N) is 1. The number of aromatic nitrogens is 1. The van der Waals surface area contributed by atoms with Crippen molar-refractivity contribution in [1.29, 1.82) is 0 Å². The number of carbonyl (C=O) groups excluding carboxylic acids is 1. The summed E-state index contributed by atoms with van der Waals surface area (Å²) in [5, 5.41) is 12.9. The first-order valence-electron chi connectivity index (χ1n) is 6.67. The van der Waals surface area contributed by atoms with Gasteiger partial charge in [-0.15, -0.1) is 0 Å². The minimum atomic E-state index is -1.28. The molecule has 0 bridgehead atoms. The van der Waals surface area contributed by atoms with Gasteiger partial charge in [-0.25, -0.2) is 4.98 Å². The lowest BCUT2D eigenvalue weighted by Gasteiger charge is -2.21.